The zero-order valence-corrected chi connectivity index (χ0v) is 17.6. The van der Waals surface area contributed by atoms with Gasteiger partial charge in [0.1, 0.15) is 5.75 Å². The first-order chi connectivity index (χ1) is 13.8. The van der Waals surface area contributed by atoms with E-state index in [-0.39, 0.29) is 17.4 Å². The van der Waals surface area contributed by atoms with E-state index in [0.717, 1.165) is 24.5 Å². The number of benzene rings is 2. The molecule has 6 nitrogen and oxygen atoms in total. The van der Waals surface area contributed by atoms with Gasteiger partial charge in [0.25, 0.3) is 11.8 Å². The predicted octanol–water partition coefficient (Wildman–Crippen LogP) is 3.19. The quantitative estimate of drug-likeness (QED) is 0.864. The molecule has 0 unspecified atom stereocenters. The van der Waals surface area contributed by atoms with E-state index in [1.807, 2.05) is 49.9 Å². The lowest BCUT2D eigenvalue weighted by Crippen LogP contribution is -2.48. The van der Waals surface area contributed by atoms with Crippen LogP contribution in [0.4, 0.5) is 5.69 Å². The minimum Gasteiger partial charge on any atom is -0.497 e. The lowest BCUT2D eigenvalue weighted by molar-refractivity contribution is 0.0747. The molecule has 1 fully saturated rings. The minimum atomic E-state index is -0.325. The molecule has 1 heterocycles. The van der Waals surface area contributed by atoms with Gasteiger partial charge in [-0.1, -0.05) is 6.07 Å². The molecule has 0 aromatic heterocycles. The number of methoxy groups -OCH3 is 1. The smallest absolute Gasteiger partial charge is 0.253 e. The standard InChI is InChI=1S/C23H29N3O3/c1-23(2,3)24-21(27)17-6-5-7-18(16-17)22(28)26-14-12-25(13-15-26)19-8-10-20(29-4)11-9-19/h5-11,16H,12-15H2,1-4H3,(H,24,27). The number of nitrogens with one attached hydrogen (secondary N) is 1. The van der Waals surface area contributed by atoms with Crippen molar-refractivity contribution in [1.82, 2.24) is 10.2 Å². The summed E-state index contributed by atoms with van der Waals surface area (Å²) in [6.07, 6.45) is 0. The Bertz CT molecular complexity index is 864. The molecule has 0 atom stereocenters. The summed E-state index contributed by atoms with van der Waals surface area (Å²) in [6, 6.07) is 14.9. The number of ether oxygens (including phenoxy) is 1. The van der Waals surface area contributed by atoms with Gasteiger partial charge in [0.05, 0.1) is 7.11 Å². The molecule has 0 spiro atoms. The van der Waals surface area contributed by atoms with Crippen LogP contribution in [-0.2, 0) is 0 Å². The lowest BCUT2D eigenvalue weighted by Gasteiger charge is -2.36. The number of anilines is 1. The fourth-order valence-electron chi connectivity index (χ4n) is 3.35. The molecule has 1 N–H and O–H groups in total. The van der Waals surface area contributed by atoms with E-state index in [2.05, 4.69) is 10.2 Å². The van der Waals surface area contributed by atoms with Crippen LogP contribution in [0.1, 0.15) is 41.5 Å². The number of amides is 2. The zero-order valence-electron chi connectivity index (χ0n) is 17.6. The molecular weight excluding hydrogens is 366 g/mol. The van der Waals surface area contributed by atoms with Crippen molar-refractivity contribution in [3.63, 3.8) is 0 Å². The van der Waals surface area contributed by atoms with Gasteiger partial charge >= 0.3 is 0 Å². The van der Waals surface area contributed by atoms with E-state index in [9.17, 15) is 9.59 Å². The van der Waals surface area contributed by atoms with E-state index in [0.29, 0.717) is 24.2 Å². The van der Waals surface area contributed by atoms with Gasteiger partial charge in [-0.3, -0.25) is 9.59 Å². The molecule has 1 saturated heterocycles. The second-order valence-electron chi connectivity index (χ2n) is 8.26. The number of nitrogens with zero attached hydrogens (tertiary/aromatic N) is 2. The Labute approximate surface area is 172 Å². The first-order valence-corrected chi connectivity index (χ1v) is 9.88. The maximum Gasteiger partial charge on any atom is 0.253 e. The van der Waals surface area contributed by atoms with Gasteiger partial charge in [-0.05, 0) is 63.2 Å². The first kappa shape index (κ1) is 20.7. The number of piperazine rings is 1. The second kappa shape index (κ2) is 8.55. The maximum absolute atomic E-state index is 12.9. The Kier molecular flexibility index (Phi) is 6.11. The van der Waals surface area contributed by atoms with Gasteiger partial charge in [-0.25, -0.2) is 0 Å². The molecule has 0 radical (unpaired) electrons. The van der Waals surface area contributed by atoms with E-state index < -0.39 is 0 Å². The zero-order chi connectivity index (χ0) is 21.0. The molecule has 6 heteroatoms. The highest BCUT2D eigenvalue weighted by Crippen LogP contribution is 2.21. The van der Waals surface area contributed by atoms with Gasteiger partial charge in [-0.2, -0.15) is 0 Å². The summed E-state index contributed by atoms with van der Waals surface area (Å²) in [5.74, 6) is 0.624. The molecule has 154 valence electrons. The van der Waals surface area contributed by atoms with Crippen LogP contribution < -0.4 is 15.0 Å². The Hall–Kier alpha value is -3.02. The molecular formula is C23H29N3O3. The highest BCUT2D eigenvalue weighted by Gasteiger charge is 2.23. The maximum atomic E-state index is 12.9. The van der Waals surface area contributed by atoms with Crippen LogP contribution in [0.2, 0.25) is 0 Å². The summed E-state index contributed by atoms with van der Waals surface area (Å²) in [5, 5.41) is 2.93. The lowest BCUT2D eigenvalue weighted by atomic mass is 10.1. The summed E-state index contributed by atoms with van der Waals surface area (Å²) >= 11 is 0. The summed E-state index contributed by atoms with van der Waals surface area (Å²) in [5.41, 5.74) is 1.85. The van der Waals surface area contributed by atoms with Gasteiger partial charge in [0.15, 0.2) is 0 Å². The average Bonchev–Trinajstić information content (AvgIpc) is 2.72. The fourth-order valence-corrected chi connectivity index (χ4v) is 3.35. The SMILES string of the molecule is COc1ccc(N2CCN(C(=O)c3cccc(C(=O)NC(C)(C)C)c3)CC2)cc1. The van der Waals surface area contributed by atoms with Crippen LogP contribution in [0.5, 0.6) is 5.75 Å². The largest absolute Gasteiger partial charge is 0.497 e. The Morgan fingerprint density at radius 2 is 1.55 bits per heavy atom. The normalized spacial score (nSPS) is 14.5. The third-order valence-corrected chi connectivity index (χ3v) is 4.86. The van der Waals surface area contributed by atoms with E-state index in [1.165, 1.54) is 0 Å². The number of hydrogen-bond acceptors (Lipinski definition) is 4. The van der Waals surface area contributed by atoms with Crippen molar-refractivity contribution in [2.24, 2.45) is 0 Å². The number of carbonyl (C=O) groups excluding carboxylic acids is 2. The van der Waals surface area contributed by atoms with E-state index >= 15 is 0 Å². The second-order valence-corrected chi connectivity index (χ2v) is 8.26. The number of hydrogen-bond donors (Lipinski definition) is 1. The third kappa shape index (κ3) is 5.28. The molecule has 2 amide bonds. The summed E-state index contributed by atoms with van der Waals surface area (Å²) in [7, 11) is 1.65. The molecule has 0 bridgehead atoms. The highest BCUT2D eigenvalue weighted by molar-refractivity contribution is 6.00. The average molecular weight is 396 g/mol. The molecule has 0 saturated carbocycles. The van der Waals surface area contributed by atoms with Gasteiger partial charge < -0.3 is 19.9 Å². The van der Waals surface area contributed by atoms with Crippen molar-refractivity contribution >= 4 is 17.5 Å². The van der Waals surface area contributed by atoms with Crippen LogP contribution in [0.15, 0.2) is 48.5 Å². The summed E-state index contributed by atoms with van der Waals surface area (Å²) in [4.78, 5) is 29.5. The Morgan fingerprint density at radius 3 is 2.14 bits per heavy atom. The predicted molar refractivity (Wildman–Crippen MR) is 115 cm³/mol. The van der Waals surface area contributed by atoms with Crippen molar-refractivity contribution in [3.05, 3.63) is 59.7 Å². The minimum absolute atomic E-state index is 0.0372. The van der Waals surface area contributed by atoms with Crippen LogP contribution in [0.25, 0.3) is 0 Å². The Balaban J connectivity index is 1.63. The molecule has 2 aromatic rings. The van der Waals surface area contributed by atoms with Crippen LogP contribution in [-0.4, -0.2) is 55.5 Å². The van der Waals surface area contributed by atoms with E-state index in [1.54, 1.807) is 31.4 Å². The summed E-state index contributed by atoms with van der Waals surface area (Å²) < 4.78 is 5.21. The van der Waals surface area contributed by atoms with Crippen LogP contribution in [0.3, 0.4) is 0 Å². The molecule has 2 aromatic carbocycles. The van der Waals surface area contributed by atoms with Crippen LogP contribution >= 0.6 is 0 Å². The molecule has 1 aliphatic heterocycles. The number of carbonyl (C=O) groups is 2. The van der Waals surface area contributed by atoms with Crippen molar-refractivity contribution < 1.29 is 14.3 Å². The number of rotatable bonds is 4. The molecule has 29 heavy (non-hydrogen) atoms. The van der Waals surface area contributed by atoms with Gasteiger partial charge in [0, 0.05) is 48.5 Å². The monoisotopic (exact) mass is 395 g/mol. The van der Waals surface area contributed by atoms with Crippen molar-refractivity contribution in [1.29, 1.82) is 0 Å². The van der Waals surface area contributed by atoms with Crippen molar-refractivity contribution in [2.75, 3.05) is 38.2 Å². The highest BCUT2D eigenvalue weighted by atomic mass is 16.5. The molecule has 1 aliphatic rings. The molecule has 0 aliphatic carbocycles. The Morgan fingerprint density at radius 1 is 0.931 bits per heavy atom. The van der Waals surface area contributed by atoms with E-state index in [4.69, 9.17) is 4.74 Å². The molecule has 3 rings (SSSR count). The third-order valence-electron chi connectivity index (χ3n) is 4.86. The van der Waals surface area contributed by atoms with Gasteiger partial charge in [-0.15, -0.1) is 0 Å². The van der Waals surface area contributed by atoms with Gasteiger partial charge in [0.2, 0.25) is 0 Å². The topological polar surface area (TPSA) is 61.9 Å². The van der Waals surface area contributed by atoms with Crippen molar-refractivity contribution in [3.8, 4) is 5.75 Å². The first-order valence-electron chi connectivity index (χ1n) is 9.88. The summed E-state index contributed by atoms with van der Waals surface area (Å²) in [6.45, 7) is 8.61. The van der Waals surface area contributed by atoms with Crippen LogP contribution in [0, 0.1) is 0 Å². The fraction of sp³-hybridized carbons (Fsp3) is 0.391. The van der Waals surface area contributed by atoms with Crippen molar-refractivity contribution in [2.45, 2.75) is 26.3 Å².